The van der Waals surface area contributed by atoms with E-state index in [1.54, 1.807) is 0 Å². The number of fused-ring (bicyclic) bond motifs is 1. The maximum Gasteiger partial charge on any atom is 0.223 e. The minimum atomic E-state index is 0.138. The fraction of sp³-hybridized carbons (Fsp3) is 0.800. The van der Waals surface area contributed by atoms with Crippen molar-refractivity contribution in [3.8, 4) is 0 Å². The third kappa shape index (κ3) is 1.47. The quantitative estimate of drug-likeness (QED) is 0.561. The molecule has 2 aliphatic rings. The van der Waals surface area contributed by atoms with E-state index in [4.69, 9.17) is 0 Å². The van der Waals surface area contributed by atoms with Crippen molar-refractivity contribution in [2.24, 2.45) is 0 Å². The van der Waals surface area contributed by atoms with E-state index in [9.17, 15) is 9.59 Å². The molecule has 0 bridgehead atoms. The minimum absolute atomic E-state index is 0.138. The molecule has 0 saturated carbocycles. The number of Topliss-reactive ketones (excluding diaryl/α,β-unsaturated/α-hetero) is 1. The lowest BCUT2D eigenvalue weighted by Crippen LogP contribution is -2.53. The molecule has 0 unspecified atom stereocenters. The zero-order valence-corrected chi connectivity index (χ0v) is 7.95. The fourth-order valence-corrected chi connectivity index (χ4v) is 2.54. The first kappa shape index (κ1) is 8.73. The van der Waals surface area contributed by atoms with E-state index in [0.717, 1.165) is 12.8 Å². The maximum atomic E-state index is 11.6. The number of carbonyl (C=O) groups excluding carboxylic acids is 2. The van der Waals surface area contributed by atoms with Gasteiger partial charge in [0.25, 0.3) is 0 Å². The van der Waals surface area contributed by atoms with Gasteiger partial charge >= 0.3 is 0 Å². The molecule has 0 radical (unpaired) electrons. The smallest absolute Gasteiger partial charge is 0.223 e. The topological polar surface area (TPSA) is 37.4 Å². The summed E-state index contributed by atoms with van der Waals surface area (Å²) in [5.41, 5.74) is 0. The lowest BCUT2D eigenvalue weighted by Gasteiger charge is -2.42. The Bertz CT molecular complexity index is 249. The molecule has 2 rings (SSSR count). The van der Waals surface area contributed by atoms with Crippen LogP contribution in [0.3, 0.4) is 0 Å². The molecule has 2 atom stereocenters. The summed E-state index contributed by atoms with van der Waals surface area (Å²) in [6.45, 7) is 1.98. The van der Waals surface area contributed by atoms with E-state index in [-0.39, 0.29) is 18.0 Å². The second kappa shape index (κ2) is 3.13. The Labute approximate surface area is 78.1 Å². The molecular formula is C10H15NO2. The van der Waals surface area contributed by atoms with E-state index in [0.29, 0.717) is 25.0 Å². The maximum absolute atomic E-state index is 11.6. The Morgan fingerprint density at radius 1 is 1.31 bits per heavy atom. The summed E-state index contributed by atoms with van der Waals surface area (Å²) in [6, 6.07) is 0.358. The summed E-state index contributed by atoms with van der Waals surface area (Å²) in [5.74, 6) is 0.569. The number of ketones is 1. The fourth-order valence-electron chi connectivity index (χ4n) is 2.54. The Morgan fingerprint density at radius 3 is 2.85 bits per heavy atom. The first-order chi connectivity index (χ1) is 6.18. The van der Waals surface area contributed by atoms with Crippen LogP contribution in [0.5, 0.6) is 0 Å². The zero-order chi connectivity index (χ0) is 9.42. The van der Waals surface area contributed by atoms with Gasteiger partial charge in [-0.3, -0.25) is 9.59 Å². The van der Waals surface area contributed by atoms with Crippen LogP contribution in [-0.4, -0.2) is 28.7 Å². The highest BCUT2D eigenvalue weighted by Gasteiger charge is 2.37. The van der Waals surface area contributed by atoms with Crippen molar-refractivity contribution >= 4 is 11.7 Å². The molecule has 2 fully saturated rings. The Hall–Kier alpha value is -0.860. The van der Waals surface area contributed by atoms with E-state index in [1.807, 2.05) is 11.8 Å². The van der Waals surface area contributed by atoms with Crippen LogP contribution in [0.15, 0.2) is 0 Å². The van der Waals surface area contributed by atoms with Crippen LogP contribution in [0, 0.1) is 0 Å². The predicted octanol–water partition coefficient (Wildman–Crippen LogP) is 1.12. The van der Waals surface area contributed by atoms with Crippen LogP contribution < -0.4 is 0 Å². The highest BCUT2D eigenvalue weighted by Crippen LogP contribution is 2.28. The molecule has 2 aliphatic heterocycles. The summed E-state index contributed by atoms with van der Waals surface area (Å²) in [7, 11) is 0. The van der Waals surface area contributed by atoms with Gasteiger partial charge in [0, 0.05) is 31.3 Å². The van der Waals surface area contributed by atoms with Crippen molar-refractivity contribution in [1.82, 2.24) is 4.90 Å². The van der Waals surface area contributed by atoms with E-state index in [1.165, 1.54) is 0 Å². The Balaban J connectivity index is 2.17. The zero-order valence-electron chi connectivity index (χ0n) is 7.95. The number of piperidine rings is 2. The number of hydrogen-bond acceptors (Lipinski definition) is 2. The number of rotatable bonds is 0. The van der Waals surface area contributed by atoms with Gasteiger partial charge in [0.1, 0.15) is 5.78 Å². The molecule has 0 N–H and O–H groups in total. The normalized spacial score (nSPS) is 34.7. The summed E-state index contributed by atoms with van der Waals surface area (Å²) in [6.07, 6.45) is 3.80. The molecule has 72 valence electrons. The van der Waals surface area contributed by atoms with Crippen molar-refractivity contribution < 1.29 is 9.59 Å². The van der Waals surface area contributed by atoms with Gasteiger partial charge in [0.05, 0.1) is 0 Å². The average Bonchev–Trinajstić information content (AvgIpc) is 2.02. The largest absolute Gasteiger partial charge is 0.336 e. The molecule has 2 saturated heterocycles. The SMILES string of the molecule is C[C@H]1CC(=O)C[C@@H]2CCCC(=O)N21. The second-order valence-corrected chi connectivity index (χ2v) is 4.14. The van der Waals surface area contributed by atoms with Crippen LogP contribution in [-0.2, 0) is 9.59 Å². The highest BCUT2D eigenvalue weighted by molar-refractivity contribution is 5.85. The summed E-state index contributed by atoms with van der Waals surface area (Å²) in [5, 5.41) is 0. The molecule has 1 amide bonds. The van der Waals surface area contributed by atoms with Crippen LogP contribution in [0.1, 0.15) is 39.0 Å². The first-order valence-corrected chi connectivity index (χ1v) is 5.01. The van der Waals surface area contributed by atoms with Crippen LogP contribution >= 0.6 is 0 Å². The number of nitrogens with zero attached hydrogens (tertiary/aromatic N) is 1. The van der Waals surface area contributed by atoms with Crippen LogP contribution in [0.2, 0.25) is 0 Å². The molecule has 0 aromatic rings. The third-order valence-corrected chi connectivity index (χ3v) is 3.07. The van der Waals surface area contributed by atoms with Gasteiger partial charge in [-0.05, 0) is 19.8 Å². The standard InChI is InChI=1S/C10H15NO2/c1-7-5-9(12)6-8-3-2-4-10(13)11(7)8/h7-8H,2-6H2,1H3/t7-,8-/m0/s1. The summed E-state index contributed by atoms with van der Waals surface area (Å²) in [4.78, 5) is 24.8. The van der Waals surface area contributed by atoms with E-state index < -0.39 is 0 Å². The highest BCUT2D eigenvalue weighted by atomic mass is 16.2. The molecule has 13 heavy (non-hydrogen) atoms. The molecule has 0 aromatic carbocycles. The van der Waals surface area contributed by atoms with Gasteiger partial charge in [-0.2, -0.15) is 0 Å². The van der Waals surface area contributed by atoms with Crippen molar-refractivity contribution in [3.63, 3.8) is 0 Å². The molecular weight excluding hydrogens is 166 g/mol. The molecule has 0 spiro atoms. The second-order valence-electron chi connectivity index (χ2n) is 4.14. The monoisotopic (exact) mass is 181 g/mol. The molecule has 2 heterocycles. The Kier molecular flexibility index (Phi) is 2.10. The minimum Gasteiger partial charge on any atom is -0.336 e. The average molecular weight is 181 g/mol. The van der Waals surface area contributed by atoms with Crippen molar-refractivity contribution in [3.05, 3.63) is 0 Å². The molecule has 0 aliphatic carbocycles. The first-order valence-electron chi connectivity index (χ1n) is 5.01. The van der Waals surface area contributed by atoms with Gasteiger partial charge in [0.2, 0.25) is 5.91 Å². The van der Waals surface area contributed by atoms with E-state index in [2.05, 4.69) is 0 Å². The number of amides is 1. The van der Waals surface area contributed by atoms with Crippen LogP contribution in [0.25, 0.3) is 0 Å². The van der Waals surface area contributed by atoms with Gasteiger partial charge in [-0.25, -0.2) is 0 Å². The molecule has 0 aromatic heterocycles. The lowest BCUT2D eigenvalue weighted by atomic mass is 9.88. The van der Waals surface area contributed by atoms with Crippen molar-refractivity contribution in [2.45, 2.75) is 51.1 Å². The van der Waals surface area contributed by atoms with Crippen LogP contribution in [0.4, 0.5) is 0 Å². The third-order valence-electron chi connectivity index (χ3n) is 3.07. The van der Waals surface area contributed by atoms with Gasteiger partial charge in [-0.1, -0.05) is 0 Å². The summed E-state index contributed by atoms with van der Waals surface area (Å²) >= 11 is 0. The predicted molar refractivity (Wildman–Crippen MR) is 48.2 cm³/mol. The van der Waals surface area contributed by atoms with E-state index >= 15 is 0 Å². The Morgan fingerprint density at radius 2 is 2.08 bits per heavy atom. The molecule has 3 nitrogen and oxygen atoms in total. The number of carbonyl (C=O) groups is 2. The van der Waals surface area contributed by atoms with Crippen molar-refractivity contribution in [2.75, 3.05) is 0 Å². The number of hydrogen-bond donors (Lipinski definition) is 0. The summed E-state index contributed by atoms with van der Waals surface area (Å²) < 4.78 is 0. The van der Waals surface area contributed by atoms with Crippen molar-refractivity contribution in [1.29, 1.82) is 0 Å². The molecule has 3 heteroatoms. The van der Waals surface area contributed by atoms with Gasteiger partial charge in [-0.15, -0.1) is 0 Å². The van der Waals surface area contributed by atoms with Gasteiger partial charge in [0.15, 0.2) is 0 Å². The lowest BCUT2D eigenvalue weighted by molar-refractivity contribution is -0.144. The van der Waals surface area contributed by atoms with Gasteiger partial charge < -0.3 is 4.90 Å².